The summed E-state index contributed by atoms with van der Waals surface area (Å²) in [5.74, 6) is -1.54. The zero-order valence-electron chi connectivity index (χ0n) is 13.3. The summed E-state index contributed by atoms with van der Waals surface area (Å²) in [7, 11) is 0. The van der Waals surface area contributed by atoms with Gasteiger partial charge >= 0.3 is 5.97 Å². The highest BCUT2D eigenvalue weighted by Gasteiger charge is 2.36. The fraction of sp³-hybridized carbons (Fsp3) is 0.500. The molecule has 0 heterocycles. The summed E-state index contributed by atoms with van der Waals surface area (Å²) < 4.78 is 4.71. The van der Waals surface area contributed by atoms with Crippen LogP contribution in [-0.2, 0) is 19.7 Å². The molecule has 0 saturated carbocycles. The van der Waals surface area contributed by atoms with Crippen molar-refractivity contribution in [3.63, 3.8) is 0 Å². The average molecular weight is 309 g/mol. The SMILES string of the molecule is CC(C)(O)C(C)(C)c1ccc(NC(=O)COCC(=O)O)cc1. The molecule has 1 rings (SSSR count). The number of aliphatic carboxylic acids is 1. The molecule has 1 aromatic rings. The minimum atomic E-state index is -1.12. The van der Waals surface area contributed by atoms with E-state index in [1.807, 2.05) is 26.0 Å². The van der Waals surface area contributed by atoms with Crippen LogP contribution in [0.1, 0.15) is 33.3 Å². The van der Waals surface area contributed by atoms with Crippen LogP contribution in [-0.4, -0.2) is 40.9 Å². The summed E-state index contributed by atoms with van der Waals surface area (Å²) in [5, 5.41) is 21.2. The third-order valence-electron chi connectivity index (χ3n) is 3.88. The molecule has 0 atom stereocenters. The van der Waals surface area contributed by atoms with E-state index in [0.717, 1.165) is 5.56 Å². The smallest absolute Gasteiger partial charge is 0.329 e. The molecule has 0 saturated heterocycles. The molecule has 0 aliphatic heterocycles. The lowest BCUT2D eigenvalue weighted by atomic mass is 9.72. The number of carboxylic acids is 1. The fourth-order valence-electron chi connectivity index (χ4n) is 1.75. The van der Waals surface area contributed by atoms with Gasteiger partial charge in [-0.15, -0.1) is 0 Å². The first-order chi connectivity index (χ1) is 10.0. The van der Waals surface area contributed by atoms with Crippen molar-refractivity contribution in [1.29, 1.82) is 0 Å². The molecule has 0 aliphatic carbocycles. The van der Waals surface area contributed by atoms with Crippen LogP contribution in [0.15, 0.2) is 24.3 Å². The van der Waals surface area contributed by atoms with Crippen molar-refractivity contribution in [2.75, 3.05) is 18.5 Å². The van der Waals surface area contributed by atoms with Gasteiger partial charge in [0.2, 0.25) is 5.91 Å². The topological polar surface area (TPSA) is 95.9 Å². The van der Waals surface area contributed by atoms with E-state index in [9.17, 15) is 14.7 Å². The third-order valence-corrected chi connectivity index (χ3v) is 3.88. The number of hydrogen-bond acceptors (Lipinski definition) is 4. The van der Waals surface area contributed by atoms with Gasteiger partial charge in [-0.3, -0.25) is 4.79 Å². The van der Waals surface area contributed by atoms with Gasteiger partial charge in [-0.2, -0.15) is 0 Å². The minimum Gasteiger partial charge on any atom is -0.480 e. The Bertz CT molecular complexity index is 528. The Kier molecular flexibility index (Phi) is 5.68. The van der Waals surface area contributed by atoms with E-state index in [4.69, 9.17) is 9.84 Å². The van der Waals surface area contributed by atoms with E-state index in [1.165, 1.54) is 0 Å². The van der Waals surface area contributed by atoms with Crippen LogP contribution >= 0.6 is 0 Å². The van der Waals surface area contributed by atoms with Gasteiger partial charge in [-0.05, 0) is 31.5 Å². The quantitative estimate of drug-likeness (QED) is 0.713. The Morgan fingerprint density at radius 3 is 2.09 bits per heavy atom. The molecule has 0 spiro atoms. The summed E-state index contributed by atoms with van der Waals surface area (Å²) in [4.78, 5) is 21.8. The second-order valence-electron chi connectivity index (χ2n) is 6.20. The number of anilines is 1. The molecule has 0 unspecified atom stereocenters. The number of carbonyl (C=O) groups excluding carboxylic acids is 1. The van der Waals surface area contributed by atoms with E-state index < -0.39 is 29.5 Å². The second kappa shape index (κ2) is 6.89. The van der Waals surface area contributed by atoms with Crippen LogP contribution in [0.2, 0.25) is 0 Å². The van der Waals surface area contributed by atoms with E-state index in [0.29, 0.717) is 5.69 Å². The van der Waals surface area contributed by atoms with E-state index >= 15 is 0 Å². The minimum absolute atomic E-state index is 0.316. The van der Waals surface area contributed by atoms with Crippen molar-refractivity contribution >= 4 is 17.6 Å². The zero-order valence-corrected chi connectivity index (χ0v) is 13.3. The number of nitrogens with one attached hydrogen (secondary N) is 1. The van der Waals surface area contributed by atoms with Gasteiger partial charge in [0.15, 0.2) is 0 Å². The maximum atomic E-state index is 11.6. The van der Waals surface area contributed by atoms with Crippen molar-refractivity contribution in [3.8, 4) is 0 Å². The Labute approximate surface area is 130 Å². The first-order valence-corrected chi connectivity index (χ1v) is 6.96. The van der Waals surface area contributed by atoms with Crippen LogP contribution in [0.3, 0.4) is 0 Å². The van der Waals surface area contributed by atoms with Gasteiger partial charge in [-0.25, -0.2) is 4.79 Å². The lowest BCUT2D eigenvalue weighted by molar-refractivity contribution is -0.143. The Balaban J connectivity index is 2.66. The number of hydrogen-bond donors (Lipinski definition) is 3. The van der Waals surface area contributed by atoms with Gasteiger partial charge < -0.3 is 20.3 Å². The molecule has 0 radical (unpaired) electrons. The van der Waals surface area contributed by atoms with Crippen LogP contribution < -0.4 is 5.32 Å². The third kappa shape index (κ3) is 4.82. The van der Waals surface area contributed by atoms with Gasteiger partial charge in [0.1, 0.15) is 13.2 Å². The molecule has 6 heteroatoms. The number of amides is 1. The lowest BCUT2D eigenvalue weighted by Gasteiger charge is -2.37. The van der Waals surface area contributed by atoms with Crippen molar-refractivity contribution in [2.24, 2.45) is 0 Å². The number of ether oxygens (including phenoxy) is 1. The molecule has 3 N–H and O–H groups in total. The van der Waals surface area contributed by atoms with E-state index in [1.54, 1.807) is 26.0 Å². The molecular weight excluding hydrogens is 286 g/mol. The molecule has 1 aromatic carbocycles. The summed E-state index contributed by atoms with van der Waals surface area (Å²) in [6.45, 7) is 6.57. The molecule has 0 fully saturated rings. The summed E-state index contributed by atoms with van der Waals surface area (Å²) >= 11 is 0. The highest BCUT2D eigenvalue weighted by atomic mass is 16.5. The van der Waals surface area contributed by atoms with E-state index in [2.05, 4.69) is 5.32 Å². The Morgan fingerprint density at radius 2 is 1.64 bits per heavy atom. The highest BCUT2D eigenvalue weighted by Crippen LogP contribution is 2.34. The predicted molar refractivity (Wildman–Crippen MR) is 82.9 cm³/mol. The summed E-state index contributed by atoms with van der Waals surface area (Å²) in [6.07, 6.45) is 0. The zero-order chi connectivity index (χ0) is 17.0. The standard InChI is InChI=1S/C16H23NO5/c1-15(2,16(3,4)21)11-5-7-12(8-6-11)17-13(18)9-22-10-14(19)20/h5-8,21H,9-10H2,1-4H3,(H,17,18)(H,19,20). The molecular formula is C16H23NO5. The molecule has 0 aliphatic rings. The maximum absolute atomic E-state index is 11.6. The molecule has 6 nitrogen and oxygen atoms in total. The normalized spacial score (nSPS) is 12.0. The van der Waals surface area contributed by atoms with Gasteiger partial charge in [-0.1, -0.05) is 26.0 Å². The second-order valence-corrected chi connectivity index (χ2v) is 6.20. The number of benzene rings is 1. The summed E-state index contributed by atoms with van der Waals surface area (Å²) in [6, 6.07) is 7.15. The monoisotopic (exact) mass is 309 g/mol. The van der Waals surface area contributed by atoms with Crippen molar-refractivity contribution in [3.05, 3.63) is 29.8 Å². The number of aliphatic hydroxyl groups is 1. The first-order valence-electron chi connectivity index (χ1n) is 6.96. The fourth-order valence-corrected chi connectivity index (χ4v) is 1.75. The van der Waals surface area contributed by atoms with Crippen molar-refractivity contribution in [2.45, 2.75) is 38.7 Å². The highest BCUT2D eigenvalue weighted by molar-refractivity contribution is 5.91. The van der Waals surface area contributed by atoms with Crippen molar-refractivity contribution in [1.82, 2.24) is 0 Å². The van der Waals surface area contributed by atoms with Crippen LogP contribution in [0, 0.1) is 0 Å². The van der Waals surface area contributed by atoms with Crippen LogP contribution in [0.25, 0.3) is 0 Å². The molecule has 0 bridgehead atoms. The van der Waals surface area contributed by atoms with Gasteiger partial charge in [0.25, 0.3) is 0 Å². The van der Waals surface area contributed by atoms with Crippen molar-refractivity contribution < 1.29 is 24.5 Å². The van der Waals surface area contributed by atoms with Gasteiger partial charge in [0.05, 0.1) is 5.60 Å². The number of carboxylic acid groups (broad SMARTS) is 1. The summed E-state index contributed by atoms with van der Waals surface area (Å²) in [5.41, 5.74) is 0.196. The number of rotatable bonds is 7. The average Bonchev–Trinajstić information content (AvgIpc) is 2.37. The van der Waals surface area contributed by atoms with Crippen LogP contribution in [0.4, 0.5) is 5.69 Å². The first kappa shape index (κ1) is 18.1. The Hall–Kier alpha value is -1.92. The van der Waals surface area contributed by atoms with E-state index in [-0.39, 0.29) is 6.61 Å². The predicted octanol–water partition coefficient (Wildman–Crippen LogP) is 1.77. The molecule has 122 valence electrons. The maximum Gasteiger partial charge on any atom is 0.329 e. The molecule has 22 heavy (non-hydrogen) atoms. The van der Waals surface area contributed by atoms with Gasteiger partial charge in [0, 0.05) is 11.1 Å². The lowest BCUT2D eigenvalue weighted by Crippen LogP contribution is -2.42. The Morgan fingerprint density at radius 1 is 1.09 bits per heavy atom. The molecule has 0 aromatic heterocycles. The number of carbonyl (C=O) groups is 2. The largest absolute Gasteiger partial charge is 0.480 e. The molecule has 1 amide bonds. The van der Waals surface area contributed by atoms with Crippen LogP contribution in [0.5, 0.6) is 0 Å².